The second-order valence-electron chi connectivity index (χ2n) is 5.14. The van der Waals surface area contributed by atoms with E-state index in [0.29, 0.717) is 11.5 Å². The molecule has 1 heterocycles. The minimum Gasteiger partial charge on any atom is -0.343 e. The van der Waals surface area contributed by atoms with Crippen LogP contribution >= 0.6 is 0 Å². The fourth-order valence-electron chi connectivity index (χ4n) is 2.38. The molecular formula is C15H20N2O2. The summed E-state index contributed by atoms with van der Waals surface area (Å²) in [5, 5.41) is 2.68. The first kappa shape index (κ1) is 13.6. The van der Waals surface area contributed by atoms with E-state index >= 15 is 0 Å². The quantitative estimate of drug-likeness (QED) is 0.899. The van der Waals surface area contributed by atoms with E-state index in [1.165, 1.54) is 6.42 Å². The molecule has 1 aromatic carbocycles. The number of benzene rings is 1. The number of nitrogens with zero attached hydrogens (tertiary/aromatic N) is 1. The minimum atomic E-state index is -0.195. The molecule has 4 heteroatoms. The summed E-state index contributed by atoms with van der Waals surface area (Å²) in [6.07, 6.45) is 2.24. The molecule has 0 aromatic heterocycles. The number of carbonyl (C=O) groups is 2. The lowest BCUT2D eigenvalue weighted by molar-refractivity contribution is -0.131. The molecule has 1 unspecified atom stereocenters. The third-order valence-corrected chi connectivity index (χ3v) is 3.45. The highest BCUT2D eigenvalue weighted by molar-refractivity contribution is 5.96. The van der Waals surface area contributed by atoms with Crippen molar-refractivity contribution in [3.8, 4) is 0 Å². The Morgan fingerprint density at radius 3 is 2.74 bits per heavy atom. The van der Waals surface area contributed by atoms with Crippen LogP contribution in [0.2, 0.25) is 0 Å². The number of hydrogen-bond donors (Lipinski definition) is 1. The highest BCUT2D eigenvalue weighted by Gasteiger charge is 2.21. The normalized spacial score (nSPS) is 19.0. The zero-order valence-corrected chi connectivity index (χ0v) is 11.3. The minimum absolute atomic E-state index is 0.0100. The molecule has 1 aliphatic heterocycles. The summed E-state index contributed by atoms with van der Waals surface area (Å²) in [5.41, 5.74) is 0.585. The van der Waals surface area contributed by atoms with Gasteiger partial charge >= 0.3 is 0 Å². The van der Waals surface area contributed by atoms with E-state index in [0.717, 1.165) is 19.5 Å². The van der Waals surface area contributed by atoms with Gasteiger partial charge in [-0.25, -0.2) is 0 Å². The van der Waals surface area contributed by atoms with Gasteiger partial charge in [0.15, 0.2) is 0 Å². The average Bonchev–Trinajstić information content (AvgIpc) is 2.45. The summed E-state index contributed by atoms with van der Waals surface area (Å²) in [4.78, 5) is 25.7. The molecule has 0 bridgehead atoms. The Hall–Kier alpha value is -1.84. The Morgan fingerprint density at radius 1 is 1.32 bits per heavy atom. The van der Waals surface area contributed by atoms with Crippen LogP contribution in [-0.2, 0) is 4.79 Å². The van der Waals surface area contributed by atoms with Gasteiger partial charge in [-0.15, -0.1) is 0 Å². The molecule has 0 saturated carbocycles. The first-order valence-corrected chi connectivity index (χ1v) is 6.78. The molecule has 102 valence electrons. The van der Waals surface area contributed by atoms with Crippen molar-refractivity contribution in [3.05, 3.63) is 35.9 Å². The fraction of sp³-hybridized carbons (Fsp3) is 0.467. The van der Waals surface area contributed by atoms with Gasteiger partial charge in [-0.2, -0.15) is 0 Å². The highest BCUT2D eigenvalue weighted by atomic mass is 16.2. The molecule has 4 nitrogen and oxygen atoms in total. The predicted octanol–water partition coefficient (Wildman–Crippen LogP) is 1.67. The summed E-state index contributed by atoms with van der Waals surface area (Å²) in [6, 6.07) is 8.95. The monoisotopic (exact) mass is 260 g/mol. The van der Waals surface area contributed by atoms with Gasteiger partial charge in [-0.1, -0.05) is 25.1 Å². The van der Waals surface area contributed by atoms with Crippen LogP contribution in [0.25, 0.3) is 0 Å². The Labute approximate surface area is 113 Å². The molecule has 1 atom stereocenters. The summed E-state index contributed by atoms with van der Waals surface area (Å²) < 4.78 is 0. The van der Waals surface area contributed by atoms with Gasteiger partial charge in [0.05, 0.1) is 6.54 Å². The maximum atomic E-state index is 12.0. The van der Waals surface area contributed by atoms with Crippen LogP contribution in [0.3, 0.4) is 0 Å². The number of piperidine rings is 1. The molecule has 1 aliphatic rings. The number of amides is 2. The van der Waals surface area contributed by atoms with Crippen LogP contribution < -0.4 is 5.32 Å². The van der Waals surface area contributed by atoms with Gasteiger partial charge in [0.1, 0.15) is 0 Å². The van der Waals surface area contributed by atoms with Crippen molar-refractivity contribution in [2.75, 3.05) is 19.6 Å². The van der Waals surface area contributed by atoms with E-state index in [4.69, 9.17) is 0 Å². The van der Waals surface area contributed by atoms with Crippen molar-refractivity contribution in [1.82, 2.24) is 10.2 Å². The van der Waals surface area contributed by atoms with Gasteiger partial charge in [0.2, 0.25) is 5.91 Å². The van der Waals surface area contributed by atoms with Gasteiger partial charge < -0.3 is 10.2 Å². The second-order valence-corrected chi connectivity index (χ2v) is 5.14. The van der Waals surface area contributed by atoms with E-state index < -0.39 is 0 Å². The first-order chi connectivity index (χ1) is 9.16. The topological polar surface area (TPSA) is 49.4 Å². The SMILES string of the molecule is CC1CCCN(C(=O)CNC(=O)c2ccccc2)C1. The molecule has 2 rings (SSSR count). The van der Waals surface area contributed by atoms with Crippen molar-refractivity contribution < 1.29 is 9.59 Å². The number of likely N-dealkylation sites (tertiary alicyclic amines) is 1. The molecule has 2 amide bonds. The molecule has 0 radical (unpaired) electrons. The first-order valence-electron chi connectivity index (χ1n) is 6.78. The summed E-state index contributed by atoms with van der Waals surface area (Å²) >= 11 is 0. The van der Waals surface area contributed by atoms with Crippen LogP contribution in [-0.4, -0.2) is 36.3 Å². The molecule has 0 aliphatic carbocycles. The highest BCUT2D eigenvalue weighted by Crippen LogP contribution is 2.15. The van der Waals surface area contributed by atoms with Crippen molar-refractivity contribution >= 4 is 11.8 Å². The van der Waals surface area contributed by atoms with E-state index in [-0.39, 0.29) is 18.4 Å². The molecule has 1 saturated heterocycles. The molecule has 0 spiro atoms. The second kappa shape index (κ2) is 6.36. The predicted molar refractivity (Wildman–Crippen MR) is 73.8 cm³/mol. The Morgan fingerprint density at radius 2 is 2.05 bits per heavy atom. The van der Waals surface area contributed by atoms with Crippen LogP contribution in [0, 0.1) is 5.92 Å². The lowest BCUT2D eigenvalue weighted by atomic mass is 10.0. The summed E-state index contributed by atoms with van der Waals surface area (Å²) in [6.45, 7) is 3.85. The summed E-state index contributed by atoms with van der Waals surface area (Å²) in [7, 11) is 0. The number of nitrogens with one attached hydrogen (secondary N) is 1. The van der Waals surface area contributed by atoms with E-state index in [1.54, 1.807) is 12.1 Å². The van der Waals surface area contributed by atoms with Crippen molar-refractivity contribution in [2.45, 2.75) is 19.8 Å². The lowest BCUT2D eigenvalue weighted by Gasteiger charge is -2.31. The van der Waals surface area contributed by atoms with E-state index in [1.807, 2.05) is 23.1 Å². The smallest absolute Gasteiger partial charge is 0.251 e. The number of carbonyl (C=O) groups excluding carboxylic acids is 2. The van der Waals surface area contributed by atoms with Gasteiger partial charge in [-0.3, -0.25) is 9.59 Å². The molecule has 1 N–H and O–H groups in total. The standard InChI is InChI=1S/C15H20N2O2/c1-12-6-5-9-17(11-12)14(18)10-16-15(19)13-7-3-2-4-8-13/h2-4,7-8,12H,5-6,9-11H2,1H3,(H,16,19). The van der Waals surface area contributed by atoms with Crippen LogP contribution in [0.15, 0.2) is 30.3 Å². The van der Waals surface area contributed by atoms with Gasteiger partial charge in [0, 0.05) is 18.7 Å². The lowest BCUT2D eigenvalue weighted by Crippen LogP contribution is -2.44. The molecule has 19 heavy (non-hydrogen) atoms. The Balaban J connectivity index is 1.82. The molecule has 1 fully saturated rings. The van der Waals surface area contributed by atoms with E-state index in [2.05, 4.69) is 12.2 Å². The van der Waals surface area contributed by atoms with Crippen molar-refractivity contribution in [1.29, 1.82) is 0 Å². The van der Waals surface area contributed by atoms with E-state index in [9.17, 15) is 9.59 Å². The third-order valence-electron chi connectivity index (χ3n) is 3.45. The van der Waals surface area contributed by atoms with Crippen molar-refractivity contribution in [2.24, 2.45) is 5.92 Å². The molecular weight excluding hydrogens is 240 g/mol. The Bertz CT molecular complexity index is 445. The zero-order chi connectivity index (χ0) is 13.7. The van der Waals surface area contributed by atoms with Gasteiger partial charge in [-0.05, 0) is 30.9 Å². The van der Waals surface area contributed by atoms with Crippen molar-refractivity contribution in [3.63, 3.8) is 0 Å². The Kier molecular flexibility index (Phi) is 4.55. The maximum absolute atomic E-state index is 12.0. The largest absolute Gasteiger partial charge is 0.343 e. The number of hydrogen-bond acceptors (Lipinski definition) is 2. The van der Waals surface area contributed by atoms with Crippen LogP contribution in [0.1, 0.15) is 30.1 Å². The van der Waals surface area contributed by atoms with Gasteiger partial charge in [0.25, 0.3) is 5.91 Å². The average molecular weight is 260 g/mol. The van der Waals surface area contributed by atoms with Crippen LogP contribution in [0.5, 0.6) is 0 Å². The van der Waals surface area contributed by atoms with Crippen LogP contribution in [0.4, 0.5) is 0 Å². The molecule has 1 aromatic rings. The fourth-order valence-corrected chi connectivity index (χ4v) is 2.38. The third kappa shape index (κ3) is 3.81. The summed E-state index contributed by atoms with van der Waals surface area (Å²) in [5.74, 6) is 0.373. The number of rotatable bonds is 3. The maximum Gasteiger partial charge on any atom is 0.251 e. The zero-order valence-electron chi connectivity index (χ0n) is 11.3.